The molecule has 1 saturated carbocycles. The summed E-state index contributed by atoms with van der Waals surface area (Å²) in [5.74, 6) is 0.664. The fourth-order valence-electron chi connectivity index (χ4n) is 4.14. The summed E-state index contributed by atoms with van der Waals surface area (Å²) in [5.41, 5.74) is 2.46. The van der Waals surface area contributed by atoms with E-state index in [1.807, 2.05) is 19.1 Å². The van der Waals surface area contributed by atoms with Crippen LogP contribution in [0.4, 0.5) is 0 Å². The summed E-state index contributed by atoms with van der Waals surface area (Å²) >= 11 is 0. The third kappa shape index (κ3) is 6.65. The van der Waals surface area contributed by atoms with Crippen LogP contribution >= 0.6 is 0 Å². The van der Waals surface area contributed by atoms with Gasteiger partial charge >= 0.3 is 0 Å². The lowest BCUT2D eigenvalue weighted by molar-refractivity contribution is 0.0951. The second-order valence-electron chi connectivity index (χ2n) is 8.67. The predicted molar refractivity (Wildman–Crippen MR) is 124 cm³/mol. The molecule has 1 amide bonds. The third-order valence-electron chi connectivity index (χ3n) is 6.16. The summed E-state index contributed by atoms with van der Waals surface area (Å²) in [4.78, 5) is 12.7. The monoisotopic (exact) mass is 442 g/mol. The van der Waals surface area contributed by atoms with Crippen LogP contribution in [0.25, 0.3) is 0 Å². The van der Waals surface area contributed by atoms with Gasteiger partial charge in [-0.25, -0.2) is 8.42 Å². The maximum absolute atomic E-state index is 12.8. The van der Waals surface area contributed by atoms with Crippen LogP contribution in [0, 0.1) is 12.8 Å². The van der Waals surface area contributed by atoms with Gasteiger partial charge in [0.05, 0.1) is 4.90 Å². The highest BCUT2D eigenvalue weighted by atomic mass is 32.2. The number of nitrogens with one attached hydrogen (secondary N) is 1. The fourth-order valence-corrected chi connectivity index (χ4v) is 5.30. The Morgan fingerprint density at radius 1 is 0.968 bits per heavy atom. The number of rotatable bonds is 8. The molecule has 0 heterocycles. The van der Waals surface area contributed by atoms with Gasteiger partial charge in [-0.3, -0.25) is 4.79 Å². The fraction of sp³-hybridized carbons (Fsp3) is 0.480. The second kappa shape index (κ2) is 10.9. The average Bonchev–Trinajstić information content (AvgIpc) is 3.03. The molecule has 0 radical (unpaired) electrons. The van der Waals surface area contributed by atoms with Crippen LogP contribution in [0.15, 0.2) is 53.4 Å². The van der Waals surface area contributed by atoms with Gasteiger partial charge in [-0.15, -0.1) is 0 Å². The standard InChI is InChI=1S/C25H34N2O3S/c1-20-9-15-24(16-10-20)31(29,30)27(2)19-22-11-13-23(14-12-22)25(28)26-18-17-21-7-5-3-4-6-8-21/h9-16,21H,3-8,17-19H2,1-2H3,(H,26,28). The van der Waals surface area contributed by atoms with Crippen LogP contribution in [0.1, 0.15) is 66.4 Å². The molecule has 0 spiro atoms. The SMILES string of the molecule is Cc1ccc(S(=O)(=O)N(C)Cc2ccc(C(=O)NCCC3CCCCCC3)cc2)cc1. The van der Waals surface area contributed by atoms with Gasteiger partial charge in [0.25, 0.3) is 5.91 Å². The summed E-state index contributed by atoms with van der Waals surface area (Å²) in [6.07, 6.45) is 8.92. The molecule has 0 bridgehead atoms. The van der Waals surface area contributed by atoms with E-state index in [-0.39, 0.29) is 17.3 Å². The molecular formula is C25H34N2O3S. The number of carbonyl (C=O) groups is 1. The number of carbonyl (C=O) groups excluding carboxylic acids is 1. The molecule has 0 atom stereocenters. The summed E-state index contributed by atoms with van der Waals surface area (Å²) in [6, 6.07) is 14.0. The van der Waals surface area contributed by atoms with Gasteiger partial charge in [0.1, 0.15) is 0 Å². The van der Waals surface area contributed by atoms with Crippen LogP contribution in [-0.2, 0) is 16.6 Å². The Hall–Kier alpha value is -2.18. The molecule has 1 fully saturated rings. The molecule has 31 heavy (non-hydrogen) atoms. The van der Waals surface area contributed by atoms with Crippen LogP contribution in [0.5, 0.6) is 0 Å². The zero-order valence-corrected chi connectivity index (χ0v) is 19.5. The lowest BCUT2D eigenvalue weighted by Gasteiger charge is -2.18. The first-order chi connectivity index (χ1) is 14.9. The third-order valence-corrected chi connectivity index (χ3v) is 7.98. The van der Waals surface area contributed by atoms with Crippen molar-refractivity contribution >= 4 is 15.9 Å². The number of hydrogen-bond donors (Lipinski definition) is 1. The molecule has 168 valence electrons. The van der Waals surface area contributed by atoms with Gasteiger partial charge in [0, 0.05) is 25.7 Å². The van der Waals surface area contributed by atoms with Gasteiger partial charge in [-0.2, -0.15) is 4.31 Å². The minimum atomic E-state index is -3.55. The Kier molecular flexibility index (Phi) is 8.27. The Balaban J connectivity index is 1.52. The summed E-state index contributed by atoms with van der Waals surface area (Å²) in [7, 11) is -1.98. The normalized spacial score (nSPS) is 15.6. The van der Waals surface area contributed by atoms with Gasteiger partial charge in [0.2, 0.25) is 10.0 Å². The number of nitrogens with zero attached hydrogens (tertiary/aromatic N) is 1. The van der Waals surface area contributed by atoms with Crippen molar-refractivity contribution < 1.29 is 13.2 Å². The second-order valence-corrected chi connectivity index (χ2v) is 10.7. The largest absolute Gasteiger partial charge is 0.352 e. The molecule has 5 nitrogen and oxygen atoms in total. The van der Waals surface area contributed by atoms with Gasteiger partial charge in [-0.1, -0.05) is 68.4 Å². The molecule has 1 aliphatic rings. The van der Waals surface area contributed by atoms with Crippen molar-refractivity contribution in [3.63, 3.8) is 0 Å². The van der Waals surface area contributed by atoms with Crippen molar-refractivity contribution in [2.45, 2.75) is 63.3 Å². The van der Waals surface area contributed by atoms with Crippen LogP contribution in [-0.4, -0.2) is 32.2 Å². The zero-order chi connectivity index (χ0) is 22.3. The molecule has 2 aromatic rings. The molecule has 0 saturated heterocycles. The topological polar surface area (TPSA) is 66.5 Å². The first-order valence-electron chi connectivity index (χ1n) is 11.3. The first-order valence-corrected chi connectivity index (χ1v) is 12.7. The molecule has 0 unspecified atom stereocenters. The van der Waals surface area contributed by atoms with E-state index < -0.39 is 10.0 Å². The predicted octanol–water partition coefficient (Wildman–Crippen LogP) is 4.91. The number of sulfonamides is 1. The summed E-state index contributed by atoms with van der Waals surface area (Å²) in [6.45, 7) is 2.89. The zero-order valence-electron chi connectivity index (χ0n) is 18.6. The minimum Gasteiger partial charge on any atom is -0.352 e. The molecule has 3 rings (SSSR count). The minimum absolute atomic E-state index is 0.0687. The van der Waals surface area contributed by atoms with Crippen molar-refractivity contribution in [1.82, 2.24) is 9.62 Å². The van der Waals surface area contributed by atoms with Crippen molar-refractivity contribution in [3.8, 4) is 0 Å². The Labute approximate surface area is 186 Å². The molecule has 6 heteroatoms. The van der Waals surface area contributed by atoms with E-state index in [0.717, 1.165) is 23.5 Å². The van der Waals surface area contributed by atoms with E-state index >= 15 is 0 Å². The van der Waals surface area contributed by atoms with E-state index in [2.05, 4.69) is 5.32 Å². The Morgan fingerprint density at radius 3 is 2.19 bits per heavy atom. The maximum atomic E-state index is 12.8. The van der Waals surface area contributed by atoms with Crippen molar-refractivity contribution in [3.05, 3.63) is 65.2 Å². The molecule has 2 aromatic carbocycles. The highest BCUT2D eigenvalue weighted by Crippen LogP contribution is 2.25. The molecule has 1 N–H and O–H groups in total. The van der Waals surface area contributed by atoms with Crippen LogP contribution < -0.4 is 5.32 Å². The van der Waals surface area contributed by atoms with Crippen molar-refractivity contribution in [2.75, 3.05) is 13.6 Å². The first kappa shape index (κ1) is 23.5. The summed E-state index contributed by atoms with van der Waals surface area (Å²) in [5, 5.41) is 3.03. The molecule has 0 aromatic heterocycles. The number of amides is 1. The molecule has 1 aliphatic carbocycles. The number of aryl methyl sites for hydroxylation is 1. The summed E-state index contributed by atoms with van der Waals surface area (Å²) < 4.78 is 26.8. The van der Waals surface area contributed by atoms with E-state index in [0.29, 0.717) is 12.1 Å². The van der Waals surface area contributed by atoms with E-state index in [1.165, 1.54) is 42.8 Å². The van der Waals surface area contributed by atoms with Crippen molar-refractivity contribution in [2.24, 2.45) is 5.92 Å². The molecular weight excluding hydrogens is 408 g/mol. The van der Waals surface area contributed by atoms with Gasteiger partial charge in [0.15, 0.2) is 0 Å². The lowest BCUT2D eigenvalue weighted by atomic mass is 9.97. The number of hydrogen-bond acceptors (Lipinski definition) is 3. The maximum Gasteiger partial charge on any atom is 0.251 e. The van der Waals surface area contributed by atoms with Crippen LogP contribution in [0.2, 0.25) is 0 Å². The highest BCUT2D eigenvalue weighted by molar-refractivity contribution is 7.89. The highest BCUT2D eigenvalue weighted by Gasteiger charge is 2.21. The smallest absolute Gasteiger partial charge is 0.251 e. The average molecular weight is 443 g/mol. The van der Waals surface area contributed by atoms with E-state index in [9.17, 15) is 13.2 Å². The van der Waals surface area contributed by atoms with Gasteiger partial charge in [-0.05, 0) is 49.1 Å². The molecule has 0 aliphatic heterocycles. The van der Waals surface area contributed by atoms with E-state index in [1.54, 1.807) is 43.4 Å². The van der Waals surface area contributed by atoms with Crippen LogP contribution in [0.3, 0.4) is 0 Å². The van der Waals surface area contributed by atoms with E-state index in [4.69, 9.17) is 0 Å². The number of benzene rings is 2. The van der Waals surface area contributed by atoms with Crippen molar-refractivity contribution in [1.29, 1.82) is 0 Å². The Bertz CT molecular complexity index is 945. The lowest BCUT2D eigenvalue weighted by Crippen LogP contribution is -2.27. The Morgan fingerprint density at radius 2 is 1.58 bits per heavy atom. The van der Waals surface area contributed by atoms with Gasteiger partial charge < -0.3 is 5.32 Å². The quantitative estimate of drug-likeness (QED) is 0.591.